The van der Waals surface area contributed by atoms with Crippen molar-refractivity contribution < 1.29 is 42.1 Å². The molecule has 3 heterocycles. The van der Waals surface area contributed by atoms with Gasteiger partial charge in [0.1, 0.15) is 42.1 Å². The summed E-state index contributed by atoms with van der Waals surface area (Å²) in [6.07, 6.45) is 14.9. The van der Waals surface area contributed by atoms with Gasteiger partial charge < -0.3 is 29.1 Å². The van der Waals surface area contributed by atoms with Gasteiger partial charge in [0, 0.05) is 49.8 Å². The maximum atomic E-state index is 16.3. The summed E-state index contributed by atoms with van der Waals surface area (Å²) in [4.78, 5) is 36.4. The molecule has 59 heavy (non-hydrogen) atoms. The van der Waals surface area contributed by atoms with Crippen LogP contribution < -0.4 is 0 Å². The van der Waals surface area contributed by atoms with Gasteiger partial charge in [-0.05, 0) is 43.3 Å². The first kappa shape index (κ1) is 43.5. The second kappa shape index (κ2) is 19.3. The predicted octanol–water partition coefficient (Wildman–Crippen LogP) is 5.78. The Balaban J connectivity index is 1.32. The molecule has 1 N–H and O–H groups in total. The number of piperazine rings is 1. The van der Waals surface area contributed by atoms with Gasteiger partial charge >= 0.3 is 11.9 Å². The molecule has 1 aliphatic carbocycles. The van der Waals surface area contributed by atoms with Crippen molar-refractivity contribution in [2.75, 3.05) is 59.6 Å². The molecular formula is C43H47F3N6O6S. The van der Waals surface area contributed by atoms with Crippen molar-refractivity contribution in [1.82, 2.24) is 24.6 Å². The number of esters is 1. The van der Waals surface area contributed by atoms with Crippen LogP contribution in [0.2, 0.25) is 0 Å². The summed E-state index contributed by atoms with van der Waals surface area (Å²) in [5.74, 6) is -4.14. The molecule has 312 valence electrons. The number of aliphatic carboxylic acids is 1. The van der Waals surface area contributed by atoms with Crippen molar-refractivity contribution in [1.29, 1.82) is 5.26 Å². The summed E-state index contributed by atoms with van der Waals surface area (Å²) >= 11 is 1.20. The van der Waals surface area contributed by atoms with E-state index in [2.05, 4.69) is 19.9 Å². The monoisotopic (exact) mass is 832 g/mol. The van der Waals surface area contributed by atoms with E-state index in [-0.39, 0.29) is 43.7 Å². The zero-order chi connectivity index (χ0) is 42.0. The SMILES string of the molecule is CCC(Cn1cncn1)(c1ccc(F)cc1F)[C@@]1(C(=O)O)C=CC=C[C@@]1(COC(=O)CCN1CCN(C)CC1)SC1COC(/C=C/C=C/c2ccc(C#N)cc2F)OC1. The normalized spacial score (nSPS) is 24.9. The average Bonchev–Trinajstić information content (AvgIpc) is 3.75. The van der Waals surface area contributed by atoms with E-state index in [0.717, 1.165) is 44.4 Å². The lowest BCUT2D eigenvalue weighted by atomic mass is 9.51. The predicted molar refractivity (Wildman–Crippen MR) is 215 cm³/mol. The molecule has 2 fully saturated rings. The lowest BCUT2D eigenvalue weighted by molar-refractivity contribution is -0.158. The Morgan fingerprint density at radius 1 is 1.07 bits per heavy atom. The minimum atomic E-state index is -2.06. The molecule has 2 aliphatic heterocycles. The summed E-state index contributed by atoms with van der Waals surface area (Å²) in [7, 11) is 2.04. The first-order valence-electron chi connectivity index (χ1n) is 19.3. The van der Waals surface area contributed by atoms with Gasteiger partial charge in [0.15, 0.2) is 6.29 Å². The number of nitriles is 1. The quantitative estimate of drug-likeness (QED) is 0.138. The van der Waals surface area contributed by atoms with Crippen molar-refractivity contribution in [3.05, 3.63) is 126 Å². The first-order valence-corrected chi connectivity index (χ1v) is 20.2. The molecule has 0 bridgehead atoms. The molecule has 1 unspecified atom stereocenters. The Hall–Kier alpha value is -5.05. The van der Waals surface area contributed by atoms with Gasteiger partial charge in [0.05, 0.1) is 47.8 Å². The Bertz CT molecular complexity index is 2110. The van der Waals surface area contributed by atoms with E-state index in [1.807, 2.05) is 13.1 Å². The first-order chi connectivity index (χ1) is 28.4. The molecule has 6 rings (SSSR count). The van der Waals surface area contributed by atoms with E-state index in [9.17, 15) is 23.5 Å². The van der Waals surface area contributed by atoms with Gasteiger partial charge in [-0.25, -0.2) is 18.2 Å². The van der Waals surface area contributed by atoms with Gasteiger partial charge in [0.2, 0.25) is 0 Å². The molecule has 3 aliphatic rings. The highest BCUT2D eigenvalue weighted by atomic mass is 32.2. The zero-order valence-electron chi connectivity index (χ0n) is 32.9. The van der Waals surface area contributed by atoms with Crippen LogP contribution in [0.4, 0.5) is 13.2 Å². The Labute approximate surface area is 345 Å². The van der Waals surface area contributed by atoms with Crippen LogP contribution in [0.3, 0.4) is 0 Å². The van der Waals surface area contributed by atoms with E-state index >= 15 is 4.39 Å². The van der Waals surface area contributed by atoms with Crippen LogP contribution in [0.5, 0.6) is 0 Å². The maximum Gasteiger partial charge on any atom is 0.316 e. The Morgan fingerprint density at radius 3 is 2.49 bits per heavy atom. The number of carbonyl (C=O) groups is 2. The van der Waals surface area contributed by atoms with Crippen LogP contribution in [0.15, 0.2) is 91.6 Å². The molecule has 12 nitrogen and oxygen atoms in total. The third-order valence-corrected chi connectivity index (χ3v) is 12.9. The van der Waals surface area contributed by atoms with Crippen LogP contribution in [0, 0.1) is 34.2 Å². The maximum absolute atomic E-state index is 16.3. The van der Waals surface area contributed by atoms with E-state index in [1.165, 1.54) is 53.4 Å². The van der Waals surface area contributed by atoms with Crippen molar-refractivity contribution in [3.63, 3.8) is 0 Å². The lowest BCUT2D eigenvalue weighted by Gasteiger charge is -2.56. The standard InChI is InChI=1S/C43H47F3N6O6S/c1-3-41(27-52-30-48-29-49-52,35-13-12-33(44)23-37(35)46)43(40(54)55)16-7-6-15-42(43,28-58-38(53)14-17-51-20-18-50(2)19-21-51)59-34-25-56-39(57-26-34)9-5-4-8-32-11-10-31(24-47)22-36(32)45/h4-13,15-16,22-23,29-30,34,39H,3,14,17-21,25-28H2,1-2H3,(H,54,55)/b8-4+,9-5+/t34?,39?,41?,42-,43-/m0/s1. The van der Waals surface area contributed by atoms with Crippen LogP contribution in [0.25, 0.3) is 6.08 Å². The number of thioether (sulfide) groups is 1. The fourth-order valence-corrected chi connectivity index (χ4v) is 9.82. The fourth-order valence-electron chi connectivity index (χ4n) is 8.11. The molecule has 0 radical (unpaired) electrons. The molecule has 1 aromatic heterocycles. The smallest absolute Gasteiger partial charge is 0.316 e. The number of benzene rings is 2. The van der Waals surface area contributed by atoms with Gasteiger partial charge in [-0.15, -0.1) is 11.8 Å². The van der Waals surface area contributed by atoms with Crippen molar-refractivity contribution in [2.45, 2.75) is 48.0 Å². The zero-order valence-corrected chi connectivity index (χ0v) is 33.7. The van der Waals surface area contributed by atoms with E-state index in [0.29, 0.717) is 12.1 Å². The third-order valence-electron chi connectivity index (χ3n) is 11.3. The molecule has 3 atom stereocenters. The summed E-state index contributed by atoms with van der Waals surface area (Å²) in [5.41, 5.74) is -3.27. The number of ether oxygens (including phenoxy) is 3. The van der Waals surface area contributed by atoms with Crippen LogP contribution in [-0.4, -0.2) is 117 Å². The number of carbonyl (C=O) groups excluding carboxylic acids is 1. The number of halogens is 3. The van der Waals surface area contributed by atoms with E-state index in [4.69, 9.17) is 19.5 Å². The lowest BCUT2D eigenvalue weighted by Crippen LogP contribution is -2.66. The minimum absolute atomic E-state index is 0.0317. The Kier molecular flexibility index (Phi) is 14.3. The molecule has 0 saturated carbocycles. The summed E-state index contributed by atoms with van der Waals surface area (Å²) in [6.45, 7) is 5.13. The fraction of sp³-hybridized carbons (Fsp3) is 0.419. The molecule has 2 saturated heterocycles. The second-order valence-electron chi connectivity index (χ2n) is 14.8. The number of rotatable bonds is 16. The van der Waals surface area contributed by atoms with Crippen molar-refractivity contribution in [3.8, 4) is 6.07 Å². The highest BCUT2D eigenvalue weighted by Crippen LogP contribution is 2.61. The number of hydrogen-bond donors (Lipinski definition) is 1. The van der Waals surface area contributed by atoms with Gasteiger partial charge in [-0.2, -0.15) is 10.4 Å². The highest BCUT2D eigenvalue weighted by Gasteiger charge is 2.68. The van der Waals surface area contributed by atoms with E-state index < -0.39 is 63.1 Å². The van der Waals surface area contributed by atoms with Gasteiger partial charge in [-0.3, -0.25) is 14.3 Å². The third kappa shape index (κ3) is 9.55. The molecule has 3 aromatic rings. The average molecular weight is 833 g/mol. The van der Waals surface area contributed by atoms with Crippen molar-refractivity contribution in [2.24, 2.45) is 5.41 Å². The summed E-state index contributed by atoms with van der Waals surface area (Å²) in [6, 6.07) is 9.18. The van der Waals surface area contributed by atoms with Crippen LogP contribution in [0.1, 0.15) is 36.5 Å². The topological polar surface area (TPSA) is 143 Å². The van der Waals surface area contributed by atoms with Crippen LogP contribution >= 0.6 is 11.8 Å². The summed E-state index contributed by atoms with van der Waals surface area (Å²) in [5, 5.41) is 24.5. The Morgan fingerprint density at radius 2 is 1.83 bits per heavy atom. The van der Waals surface area contributed by atoms with Crippen LogP contribution in [-0.2, 0) is 35.8 Å². The van der Waals surface area contributed by atoms with Gasteiger partial charge in [-0.1, -0.05) is 61.6 Å². The van der Waals surface area contributed by atoms with Crippen molar-refractivity contribution >= 4 is 29.8 Å². The number of likely N-dealkylation sites (N-methyl/N-ethyl adjacent to an activating group) is 1. The van der Waals surface area contributed by atoms with Gasteiger partial charge in [0.25, 0.3) is 0 Å². The number of nitrogens with zero attached hydrogens (tertiary/aromatic N) is 6. The molecule has 0 spiro atoms. The molecule has 0 amide bonds. The largest absolute Gasteiger partial charge is 0.481 e. The number of carboxylic acids is 1. The molecule has 2 aromatic carbocycles. The minimum Gasteiger partial charge on any atom is -0.481 e. The number of hydrogen-bond acceptors (Lipinski definition) is 11. The second-order valence-corrected chi connectivity index (χ2v) is 16.4. The summed E-state index contributed by atoms with van der Waals surface area (Å²) < 4.78 is 63.2. The van der Waals surface area contributed by atoms with E-state index in [1.54, 1.807) is 49.5 Å². The molecule has 16 heteroatoms. The number of carboxylic acid groups (broad SMARTS) is 1. The molecular weight excluding hydrogens is 786 g/mol. The highest BCUT2D eigenvalue weighted by molar-refractivity contribution is 8.01. The number of aromatic nitrogens is 3. The number of allylic oxidation sites excluding steroid dienone is 4.